The predicted octanol–water partition coefficient (Wildman–Crippen LogP) is -2.63. The molecular weight excluding hydrogens is 126 g/mol. The first-order chi connectivity index (χ1) is 3.35. The number of rotatable bonds is 3. The normalized spacial score (nSPS) is 12.4. The van der Waals surface area contributed by atoms with Crippen LogP contribution in [0.25, 0.3) is 0 Å². The van der Waals surface area contributed by atoms with E-state index in [0.29, 0.717) is 6.54 Å². The smallest absolute Gasteiger partial charge is 0.0690 e. The zero-order chi connectivity index (χ0) is 5.70. The lowest BCUT2D eigenvalue weighted by Gasteiger charge is -2.07. The summed E-state index contributed by atoms with van der Waals surface area (Å²) in [5.41, 5.74) is 5.27. The van der Waals surface area contributed by atoms with Crippen LogP contribution >= 0.6 is 0 Å². The van der Waals surface area contributed by atoms with Crippen molar-refractivity contribution in [1.29, 1.82) is 0 Å². The van der Waals surface area contributed by atoms with Gasteiger partial charge in [-0.25, -0.2) is 0 Å². The van der Waals surface area contributed by atoms with Crippen molar-refractivity contribution in [2.45, 2.75) is 19.4 Å². The summed E-state index contributed by atoms with van der Waals surface area (Å²) in [7, 11) is 1.68. The van der Waals surface area contributed by atoms with E-state index in [0.717, 1.165) is 6.42 Å². The molecule has 0 aliphatic rings. The standard InChI is InChI=1S/C5H13NO.ClH/c1-3-5(4-6)7-2;/h5H,3-4,6H2,1-2H3;1H/p-1. The highest BCUT2D eigenvalue weighted by Gasteiger charge is 1.96. The summed E-state index contributed by atoms with van der Waals surface area (Å²) in [6.45, 7) is 2.69. The number of hydrogen-bond acceptors (Lipinski definition) is 2. The SMILES string of the molecule is CCC(CN)OC.[Cl-]. The highest BCUT2D eigenvalue weighted by Crippen LogP contribution is 1.89. The molecule has 0 radical (unpaired) electrons. The Labute approximate surface area is 56.8 Å². The molecule has 0 spiro atoms. The number of methoxy groups -OCH3 is 1. The molecule has 0 aliphatic heterocycles. The topological polar surface area (TPSA) is 35.2 Å². The highest BCUT2D eigenvalue weighted by molar-refractivity contribution is 4.51. The molecule has 0 rings (SSSR count). The van der Waals surface area contributed by atoms with Gasteiger partial charge in [0.05, 0.1) is 6.10 Å². The fraction of sp³-hybridized carbons (Fsp3) is 1.00. The molecule has 0 aromatic carbocycles. The molecule has 0 heterocycles. The minimum Gasteiger partial charge on any atom is -1.00 e. The third-order valence-corrected chi connectivity index (χ3v) is 1.05. The van der Waals surface area contributed by atoms with E-state index in [4.69, 9.17) is 10.5 Å². The van der Waals surface area contributed by atoms with Gasteiger partial charge in [0.1, 0.15) is 0 Å². The first kappa shape index (κ1) is 11.1. The van der Waals surface area contributed by atoms with Gasteiger partial charge in [-0.1, -0.05) is 6.92 Å². The third-order valence-electron chi connectivity index (χ3n) is 1.05. The van der Waals surface area contributed by atoms with Gasteiger partial charge in [-0.15, -0.1) is 0 Å². The first-order valence-electron chi connectivity index (χ1n) is 2.58. The Hall–Kier alpha value is 0.210. The van der Waals surface area contributed by atoms with Gasteiger partial charge in [-0.3, -0.25) is 0 Å². The Balaban J connectivity index is 0. The molecule has 2 N–H and O–H groups in total. The van der Waals surface area contributed by atoms with Crippen molar-refractivity contribution in [3.05, 3.63) is 0 Å². The summed E-state index contributed by atoms with van der Waals surface area (Å²) in [6.07, 6.45) is 1.27. The van der Waals surface area contributed by atoms with Gasteiger partial charge in [-0.05, 0) is 6.42 Å². The second-order valence-electron chi connectivity index (χ2n) is 1.50. The average molecular weight is 139 g/mol. The van der Waals surface area contributed by atoms with Crippen LogP contribution in [0, 0.1) is 0 Å². The van der Waals surface area contributed by atoms with Crippen molar-refractivity contribution in [2.24, 2.45) is 5.73 Å². The predicted molar refractivity (Wildman–Crippen MR) is 30.1 cm³/mol. The Morgan fingerprint density at radius 2 is 2.12 bits per heavy atom. The number of ether oxygens (including phenoxy) is 1. The maximum absolute atomic E-state index is 5.27. The van der Waals surface area contributed by atoms with Gasteiger partial charge in [0.25, 0.3) is 0 Å². The van der Waals surface area contributed by atoms with Gasteiger partial charge in [0, 0.05) is 13.7 Å². The maximum atomic E-state index is 5.27. The van der Waals surface area contributed by atoms with Gasteiger partial charge in [0.15, 0.2) is 0 Å². The van der Waals surface area contributed by atoms with Gasteiger partial charge in [-0.2, -0.15) is 0 Å². The summed E-state index contributed by atoms with van der Waals surface area (Å²) in [5, 5.41) is 0. The van der Waals surface area contributed by atoms with Crippen LogP contribution in [-0.2, 0) is 4.74 Å². The molecule has 3 heteroatoms. The molecule has 0 aromatic heterocycles. The van der Waals surface area contributed by atoms with Crippen LogP contribution in [0.5, 0.6) is 0 Å². The summed E-state index contributed by atoms with van der Waals surface area (Å²) in [6, 6.07) is 0. The third kappa shape index (κ3) is 4.37. The lowest BCUT2D eigenvalue weighted by atomic mass is 10.3. The molecule has 52 valence electrons. The van der Waals surface area contributed by atoms with Crippen molar-refractivity contribution in [3.63, 3.8) is 0 Å². The van der Waals surface area contributed by atoms with Crippen LogP contribution in [-0.4, -0.2) is 19.8 Å². The maximum Gasteiger partial charge on any atom is 0.0690 e. The average Bonchev–Trinajstić information content (AvgIpc) is 1.72. The summed E-state index contributed by atoms with van der Waals surface area (Å²) in [4.78, 5) is 0. The van der Waals surface area contributed by atoms with E-state index >= 15 is 0 Å². The fourth-order valence-electron chi connectivity index (χ4n) is 0.430. The van der Waals surface area contributed by atoms with Crippen molar-refractivity contribution >= 4 is 0 Å². The molecule has 0 bridgehead atoms. The minimum atomic E-state index is 0. The summed E-state index contributed by atoms with van der Waals surface area (Å²) >= 11 is 0. The van der Waals surface area contributed by atoms with Crippen LogP contribution in [0.2, 0.25) is 0 Å². The fourth-order valence-corrected chi connectivity index (χ4v) is 0.430. The second-order valence-corrected chi connectivity index (χ2v) is 1.50. The molecule has 0 fully saturated rings. The Morgan fingerprint density at radius 1 is 1.62 bits per heavy atom. The number of nitrogens with two attached hydrogens (primary N) is 1. The minimum absolute atomic E-state index is 0. The van der Waals surface area contributed by atoms with Crippen LogP contribution in [0.15, 0.2) is 0 Å². The monoisotopic (exact) mass is 138 g/mol. The van der Waals surface area contributed by atoms with E-state index in [9.17, 15) is 0 Å². The number of hydrogen-bond donors (Lipinski definition) is 1. The van der Waals surface area contributed by atoms with E-state index in [1.807, 2.05) is 0 Å². The molecule has 1 atom stereocenters. The molecule has 0 saturated carbocycles. The van der Waals surface area contributed by atoms with E-state index in [1.54, 1.807) is 7.11 Å². The highest BCUT2D eigenvalue weighted by atomic mass is 35.5. The molecule has 0 aliphatic carbocycles. The quantitative estimate of drug-likeness (QED) is 0.464. The van der Waals surface area contributed by atoms with E-state index in [2.05, 4.69) is 6.92 Å². The van der Waals surface area contributed by atoms with Gasteiger partial charge >= 0.3 is 0 Å². The largest absolute Gasteiger partial charge is 1.00 e. The molecule has 0 aromatic rings. The molecular formula is C5H13ClNO-. The zero-order valence-corrected chi connectivity index (χ0v) is 6.11. The molecule has 8 heavy (non-hydrogen) atoms. The molecule has 2 nitrogen and oxygen atoms in total. The van der Waals surface area contributed by atoms with Gasteiger partial charge < -0.3 is 22.9 Å². The van der Waals surface area contributed by atoms with Crippen molar-refractivity contribution in [1.82, 2.24) is 0 Å². The Bertz CT molecular complexity index is 33.9. The molecule has 1 unspecified atom stereocenters. The van der Waals surface area contributed by atoms with Crippen molar-refractivity contribution in [2.75, 3.05) is 13.7 Å². The van der Waals surface area contributed by atoms with Crippen LogP contribution in [0.3, 0.4) is 0 Å². The van der Waals surface area contributed by atoms with Crippen LogP contribution < -0.4 is 18.1 Å². The van der Waals surface area contributed by atoms with Crippen molar-refractivity contribution < 1.29 is 17.1 Å². The molecule has 0 saturated heterocycles. The lowest BCUT2D eigenvalue weighted by molar-refractivity contribution is -0.00000245. The number of halogens is 1. The summed E-state index contributed by atoms with van der Waals surface area (Å²) in [5.74, 6) is 0. The second kappa shape index (κ2) is 7.21. The molecule has 0 amide bonds. The van der Waals surface area contributed by atoms with Crippen LogP contribution in [0.1, 0.15) is 13.3 Å². The van der Waals surface area contributed by atoms with E-state index in [1.165, 1.54) is 0 Å². The van der Waals surface area contributed by atoms with Crippen LogP contribution in [0.4, 0.5) is 0 Å². The zero-order valence-electron chi connectivity index (χ0n) is 5.36. The Kier molecular flexibility index (Phi) is 9.97. The van der Waals surface area contributed by atoms with E-state index < -0.39 is 0 Å². The van der Waals surface area contributed by atoms with Crippen molar-refractivity contribution in [3.8, 4) is 0 Å². The summed E-state index contributed by atoms with van der Waals surface area (Å²) < 4.78 is 4.92. The Morgan fingerprint density at radius 3 is 2.12 bits per heavy atom. The van der Waals surface area contributed by atoms with Gasteiger partial charge in [0.2, 0.25) is 0 Å². The first-order valence-corrected chi connectivity index (χ1v) is 2.58. The lowest BCUT2D eigenvalue weighted by Crippen LogP contribution is -3.00. The van der Waals surface area contributed by atoms with E-state index in [-0.39, 0.29) is 18.5 Å².